The van der Waals surface area contributed by atoms with Crippen LogP contribution in [0.3, 0.4) is 0 Å². The summed E-state index contributed by atoms with van der Waals surface area (Å²) >= 11 is 5.96. The minimum atomic E-state index is -0.400. The minimum absolute atomic E-state index is 0.0861. The highest BCUT2D eigenvalue weighted by Gasteiger charge is 2.22. The molecular formula is C20H28ClFN4. The van der Waals surface area contributed by atoms with Gasteiger partial charge >= 0.3 is 0 Å². The van der Waals surface area contributed by atoms with E-state index in [-0.39, 0.29) is 10.6 Å². The minimum Gasteiger partial charge on any atom is -0.333 e. The van der Waals surface area contributed by atoms with Gasteiger partial charge in [-0.3, -0.25) is 0 Å². The van der Waals surface area contributed by atoms with Crippen LogP contribution in [0.5, 0.6) is 0 Å². The number of aromatic nitrogens is 2. The van der Waals surface area contributed by atoms with E-state index in [2.05, 4.69) is 42.2 Å². The molecule has 0 saturated carbocycles. The Morgan fingerprint density at radius 1 is 1.31 bits per heavy atom. The van der Waals surface area contributed by atoms with Gasteiger partial charge < -0.3 is 15.2 Å². The molecule has 1 fully saturated rings. The first kappa shape index (κ1) is 19.3. The standard InChI is InChI=1S/C20H28ClFN4/c1-20(2,3)24-10-11-26-13-18(15-4-5-17(22)16(21)12-15)25-19(26)14-6-8-23-9-7-14/h4-5,12-14,23-24H,6-11H2,1-3H3. The number of halogens is 2. The van der Waals surface area contributed by atoms with Gasteiger partial charge in [0, 0.05) is 36.3 Å². The molecule has 0 unspecified atom stereocenters. The van der Waals surface area contributed by atoms with Crippen LogP contribution in [0, 0.1) is 5.82 Å². The lowest BCUT2D eigenvalue weighted by atomic mass is 9.97. The second kappa shape index (κ2) is 8.07. The van der Waals surface area contributed by atoms with Crippen LogP contribution in [-0.4, -0.2) is 34.7 Å². The van der Waals surface area contributed by atoms with Gasteiger partial charge in [-0.2, -0.15) is 0 Å². The molecule has 2 N–H and O–H groups in total. The first-order valence-electron chi connectivity index (χ1n) is 9.32. The highest BCUT2D eigenvalue weighted by atomic mass is 35.5. The summed E-state index contributed by atoms with van der Waals surface area (Å²) in [5.41, 5.74) is 1.80. The molecule has 0 radical (unpaired) electrons. The van der Waals surface area contributed by atoms with Crippen molar-refractivity contribution in [1.29, 1.82) is 0 Å². The number of nitrogens with zero attached hydrogens (tertiary/aromatic N) is 2. The summed E-state index contributed by atoms with van der Waals surface area (Å²) in [6.45, 7) is 10.3. The van der Waals surface area contributed by atoms with Crippen LogP contribution in [-0.2, 0) is 6.54 Å². The number of hydrogen-bond donors (Lipinski definition) is 2. The molecule has 1 saturated heterocycles. The van der Waals surface area contributed by atoms with Gasteiger partial charge in [-0.25, -0.2) is 9.37 Å². The quantitative estimate of drug-likeness (QED) is 0.819. The number of benzene rings is 1. The van der Waals surface area contributed by atoms with E-state index >= 15 is 0 Å². The predicted molar refractivity (Wildman–Crippen MR) is 105 cm³/mol. The fourth-order valence-electron chi connectivity index (χ4n) is 3.36. The molecule has 1 aliphatic heterocycles. The van der Waals surface area contributed by atoms with Gasteiger partial charge in [-0.05, 0) is 64.9 Å². The molecule has 26 heavy (non-hydrogen) atoms. The Balaban J connectivity index is 1.87. The molecule has 0 amide bonds. The van der Waals surface area contributed by atoms with E-state index in [4.69, 9.17) is 16.6 Å². The smallest absolute Gasteiger partial charge is 0.141 e. The molecule has 0 aliphatic carbocycles. The maximum Gasteiger partial charge on any atom is 0.141 e. The average molecular weight is 379 g/mol. The van der Waals surface area contributed by atoms with Crippen molar-refractivity contribution < 1.29 is 4.39 Å². The summed E-state index contributed by atoms with van der Waals surface area (Å²) in [4.78, 5) is 4.92. The van der Waals surface area contributed by atoms with Gasteiger partial charge in [-0.15, -0.1) is 0 Å². The lowest BCUT2D eigenvalue weighted by Crippen LogP contribution is -2.38. The van der Waals surface area contributed by atoms with Crippen LogP contribution in [0.15, 0.2) is 24.4 Å². The molecule has 3 rings (SSSR count). The lowest BCUT2D eigenvalue weighted by molar-refractivity contribution is 0.396. The summed E-state index contributed by atoms with van der Waals surface area (Å²) in [7, 11) is 0. The highest BCUT2D eigenvalue weighted by Crippen LogP contribution is 2.29. The van der Waals surface area contributed by atoms with Gasteiger partial charge in [0.25, 0.3) is 0 Å². The molecular weight excluding hydrogens is 351 g/mol. The second-order valence-electron chi connectivity index (χ2n) is 8.01. The van der Waals surface area contributed by atoms with E-state index in [1.54, 1.807) is 12.1 Å². The maximum absolute atomic E-state index is 13.5. The topological polar surface area (TPSA) is 41.9 Å². The summed E-state index contributed by atoms with van der Waals surface area (Å²) in [5, 5.41) is 7.08. The molecule has 142 valence electrons. The van der Waals surface area contributed by atoms with Crippen molar-refractivity contribution >= 4 is 11.6 Å². The SMILES string of the molecule is CC(C)(C)NCCn1cc(-c2ccc(F)c(Cl)c2)nc1C1CCNCC1. The number of imidazole rings is 1. The zero-order chi connectivity index (χ0) is 18.7. The predicted octanol–water partition coefficient (Wildman–Crippen LogP) is 4.20. The van der Waals surface area contributed by atoms with Crippen LogP contribution >= 0.6 is 11.6 Å². The maximum atomic E-state index is 13.5. The van der Waals surface area contributed by atoms with Gasteiger partial charge in [0.15, 0.2) is 0 Å². The second-order valence-corrected chi connectivity index (χ2v) is 8.41. The first-order valence-corrected chi connectivity index (χ1v) is 9.69. The molecule has 1 aliphatic rings. The Morgan fingerprint density at radius 3 is 2.69 bits per heavy atom. The van der Waals surface area contributed by atoms with E-state index in [0.717, 1.165) is 56.1 Å². The van der Waals surface area contributed by atoms with E-state index in [1.165, 1.54) is 6.07 Å². The Bertz CT molecular complexity index is 745. The zero-order valence-corrected chi connectivity index (χ0v) is 16.5. The van der Waals surface area contributed by atoms with E-state index in [0.29, 0.717) is 5.92 Å². The normalized spacial score (nSPS) is 16.2. The van der Waals surface area contributed by atoms with Crippen LogP contribution in [0.2, 0.25) is 5.02 Å². The Kier molecular flexibility index (Phi) is 6.00. The number of hydrogen-bond acceptors (Lipinski definition) is 3. The van der Waals surface area contributed by atoms with Crippen LogP contribution < -0.4 is 10.6 Å². The van der Waals surface area contributed by atoms with E-state index in [9.17, 15) is 4.39 Å². The van der Waals surface area contributed by atoms with Crippen molar-refractivity contribution in [3.05, 3.63) is 41.1 Å². The molecule has 0 atom stereocenters. The Hall–Kier alpha value is -1.43. The first-order chi connectivity index (χ1) is 12.3. The molecule has 1 aromatic heterocycles. The van der Waals surface area contributed by atoms with Crippen molar-refractivity contribution in [3.63, 3.8) is 0 Å². The fourth-order valence-corrected chi connectivity index (χ4v) is 3.54. The zero-order valence-electron chi connectivity index (χ0n) is 15.8. The lowest BCUT2D eigenvalue weighted by Gasteiger charge is -2.24. The Labute approximate surface area is 160 Å². The van der Waals surface area contributed by atoms with Gasteiger partial charge in [-0.1, -0.05) is 11.6 Å². The molecule has 2 heterocycles. The third-order valence-corrected chi connectivity index (χ3v) is 5.02. The summed E-state index contributed by atoms with van der Waals surface area (Å²) in [6, 6.07) is 4.80. The van der Waals surface area contributed by atoms with Crippen LogP contribution in [0.1, 0.15) is 45.4 Å². The number of piperidine rings is 1. The van der Waals surface area contributed by atoms with E-state index < -0.39 is 5.82 Å². The Morgan fingerprint density at radius 2 is 2.04 bits per heavy atom. The number of rotatable bonds is 5. The molecule has 0 bridgehead atoms. The van der Waals surface area contributed by atoms with Crippen molar-refractivity contribution in [2.75, 3.05) is 19.6 Å². The van der Waals surface area contributed by atoms with Crippen molar-refractivity contribution in [1.82, 2.24) is 20.2 Å². The van der Waals surface area contributed by atoms with Crippen LogP contribution in [0.4, 0.5) is 4.39 Å². The highest BCUT2D eigenvalue weighted by molar-refractivity contribution is 6.31. The van der Waals surface area contributed by atoms with Crippen LogP contribution in [0.25, 0.3) is 11.3 Å². The number of nitrogens with one attached hydrogen (secondary N) is 2. The van der Waals surface area contributed by atoms with Gasteiger partial charge in [0.2, 0.25) is 0 Å². The molecule has 4 nitrogen and oxygen atoms in total. The van der Waals surface area contributed by atoms with Crippen molar-refractivity contribution in [2.45, 2.75) is 51.6 Å². The third kappa shape index (κ3) is 4.84. The van der Waals surface area contributed by atoms with Gasteiger partial charge in [0.1, 0.15) is 11.6 Å². The third-order valence-electron chi connectivity index (χ3n) is 4.74. The van der Waals surface area contributed by atoms with E-state index in [1.807, 2.05) is 0 Å². The molecule has 2 aromatic rings. The molecule has 1 aromatic carbocycles. The van der Waals surface area contributed by atoms with Gasteiger partial charge in [0.05, 0.1) is 10.7 Å². The average Bonchev–Trinajstić information content (AvgIpc) is 3.01. The summed E-state index contributed by atoms with van der Waals surface area (Å²) in [5.74, 6) is 1.18. The molecule has 0 spiro atoms. The summed E-state index contributed by atoms with van der Waals surface area (Å²) in [6.07, 6.45) is 4.26. The fraction of sp³-hybridized carbons (Fsp3) is 0.550. The monoisotopic (exact) mass is 378 g/mol. The van der Waals surface area contributed by atoms with Crippen molar-refractivity contribution in [2.24, 2.45) is 0 Å². The van der Waals surface area contributed by atoms with Crippen molar-refractivity contribution in [3.8, 4) is 11.3 Å². The summed E-state index contributed by atoms with van der Waals surface area (Å²) < 4.78 is 15.7. The molecule has 6 heteroatoms. The largest absolute Gasteiger partial charge is 0.333 e.